The summed E-state index contributed by atoms with van der Waals surface area (Å²) in [5.74, 6) is -1.70. The molecule has 4 fully saturated rings. The minimum atomic E-state index is -5.81. The number of nitrogens with one attached hydrogen (secondary N) is 2. The van der Waals surface area contributed by atoms with Crippen LogP contribution in [0.15, 0.2) is 0 Å². The monoisotopic (exact) mass is 562 g/mol. The normalized spacial score (nSPS) is 34.2. The predicted octanol–water partition coefficient (Wildman–Crippen LogP) is 3.51. The average molecular weight is 562 g/mol. The molecule has 4 aliphatic rings. The van der Waals surface area contributed by atoms with Crippen molar-refractivity contribution >= 4 is 38.1 Å². The van der Waals surface area contributed by atoms with Crippen molar-refractivity contribution in [3.8, 4) is 0 Å². The van der Waals surface area contributed by atoms with Crippen molar-refractivity contribution in [2.75, 3.05) is 6.61 Å². The summed E-state index contributed by atoms with van der Waals surface area (Å²) in [5.41, 5.74) is -5.50. The van der Waals surface area contributed by atoms with Gasteiger partial charge in [-0.1, -0.05) is 0 Å². The number of thioether (sulfide) groups is 1. The van der Waals surface area contributed by atoms with Crippen LogP contribution in [0.5, 0.6) is 0 Å². The predicted molar refractivity (Wildman–Crippen MR) is 101 cm³/mol. The molecule has 0 aromatic carbocycles. The molecule has 4 saturated heterocycles. The number of esters is 1. The fraction of sp³-hybridized carbons (Fsp3) is 0.938. The summed E-state index contributed by atoms with van der Waals surface area (Å²) in [5, 5.41) is 8.94. The number of alkyl halides is 7. The van der Waals surface area contributed by atoms with Crippen molar-refractivity contribution in [3.63, 3.8) is 0 Å². The van der Waals surface area contributed by atoms with E-state index in [2.05, 4.69) is 7.06 Å². The van der Waals surface area contributed by atoms with Crippen LogP contribution in [0, 0.1) is 17.3 Å². The standard InChI is InChI=1S/C16H21F6IN2O3S/c1-12(2,16-23(24-16)25-16)11(26)28-6-8-4-9-3-7(10(8)29-9)5-13(27,14(17,18)19)15(20,21)22/h7-10,24-25,27H,3-6H2,1-2H3. The van der Waals surface area contributed by atoms with Gasteiger partial charge in [0.25, 0.3) is 0 Å². The van der Waals surface area contributed by atoms with Crippen LogP contribution in [0.3, 0.4) is 0 Å². The van der Waals surface area contributed by atoms with Gasteiger partial charge in [0.2, 0.25) is 0 Å². The van der Waals surface area contributed by atoms with Gasteiger partial charge in [0.05, 0.1) is 0 Å². The summed E-state index contributed by atoms with van der Waals surface area (Å²) in [7, 11) is 0. The summed E-state index contributed by atoms with van der Waals surface area (Å²) in [6.07, 6.45) is -12.3. The van der Waals surface area contributed by atoms with Crippen molar-refractivity contribution in [1.29, 1.82) is 0 Å². The van der Waals surface area contributed by atoms with Gasteiger partial charge in [-0.2, -0.15) is 0 Å². The first-order valence-electron chi connectivity index (χ1n) is 9.06. The molecule has 4 unspecified atom stereocenters. The Labute approximate surface area is 175 Å². The van der Waals surface area contributed by atoms with E-state index in [9.17, 15) is 36.2 Å². The Balaban J connectivity index is 1.39. The van der Waals surface area contributed by atoms with Crippen LogP contribution < -0.4 is 7.06 Å². The Morgan fingerprint density at radius 3 is 2.10 bits per heavy atom. The maximum atomic E-state index is 13.0. The Morgan fingerprint density at radius 2 is 1.66 bits per heavy atom. The van der Waals surface area contributed by atoms with Gasteiger partial charge in [0.15, 0.2) is 0 Å². The second-order valence-electron chi connectivity index (χ2n) is 8.63. The number of hydrogen-bond donors (Lipinski definition) is 3. The fourth-order valence-corrected chi connectivity index (χ4v) is 11.9. The van der Waals surface area contributed by atoms with E-state index >= 15 is 0 Å². The summed E-state index contributed by atoms with van der Waals surface area (Å²) in [6, 6.07) is 0. The Kier molecular flexibility index (Phi) is 4.99. The van der Waals surface area contributed by atoms with Gasteiger partial charge in [-0.25, -0.2) is 0 Å². The van der Waals surface area contributed by atoms with E-state index in [4.69, 9.17) is 4.74 Å². The topological polar surface area (TPSA) is 90.4 Å². The van der Waals surface area contributed by atoms with E-state index in [0.29, 0.717) is 6.42 Å². The maximum absolute atomic E-state index is 13.0. The number of rotatable bonds is 6. The van der Waals surface area contributed by atoms with E-state index in [1.54, 1.807) is 13.8 Å². The molecule has 29 heavy (non-hydrogen) atoms. The van der Waals surface area contributed by atoms with Crippen LogP contribution >= 0.6 is 32.1 Å². The van der Waals surface area contributed by atoms with Gasteiger partial charge in [0, 0.05) is 0 Å². The van der Waals surface area contributed by atoms with E-state index < -0.39 is 67.3 Å². The van der Waals surface area contributed by atoms with Crippen LogP contribution in [0.4, 0.5) is 26.3 Å². The van der Waals surface area contributed by atoms with Crippen LogP contribution in [0.25, 0.3) is 0 Å². The summed E-state index contributed by atoms with van der Waals surface area (Å²) in [6.45, 7) is 3.48. The molecule has 168 valence electrons. The number of carbonyl (C=O) groups excluding carboxylic acids is 1. The number of aliphatic hydroxyl groups is 1. The molecule has 4 rings (SSSR count). The number of halogens is 7. The molecule has 0 amide bonds. The molecule has 4 heterocycles. The molecule has 0 radical (unpaired) electrons. The first-order chi connectivity index (χ1) is 13.1. The quantitative estimate of drug-likeness (QED) is 0.0874. The minimum absolute atomic E-state index is 0.0340. The van der Waals surface area contributed by atoms with Gasteiger partial charge in [-0.15, -0.1) is 0 Å². The molecule has 13 heteroatoms. The molecule has 4 atom stereocenters. The van der Waals surface area contributed by atoms with Crippen molar-refractivity contribution in [3.05, 3.63) is 0 Å². The van der Waals surface area contributed by atoms with Gasteiger partial charge in [0.1, 0.15) is 0 Å². The third-order valence-corrected chi connectivity index (χ3v) is 13.3. The van der Waals surface area contributed by atoms with Gasteiger partial charge >= 0.3 is 175 Å². The Bertz CT molecular complexity index is 698. The summed E-state index contributed by atoms with van der Waals surface area (Å²) < 4.78 is 89.9. The fourth-order valence-electron chi connectivity index (χ4n) is 4.32. The zero-order valence-electron chi connectivity index (χ0n) is 15.5. The molecule has 3 N–H and O–H groups in total. The third-order valence-electron chi connectivity index (χ3n) is 6.37. The molecule has 0 aromatic rings. The average Bonchev–Trinajstić information content (AvgIpc) is 3.36. The van der Waals surface area contributed by atoms with Crippen molar-refractivity contribution in [2.45, 2.75) is 65.2 Å². The van der Waals surface area contributed by atoms with Crippen molar-refractivity contribution in [1.82, 2.24) is 7.06 Å². The van der Waals surface area contributed by atoms with Gasteiger partial charge < -0.3 is 0 Å². The molecule has 0 saturated carbocycles. The molecule has 0 aliphatic carbocycles. The number of hydrogen-bond acceptors (Lipinski definition) is 6. The van der Waals surface area contributed by atoms with Crippen molar-refractivity contribution in [2.24, 2.45) is 17.3 Å². The van der Waals surface area contributed by atoms with E-state index in [0.717, 1.165) is 0 Å². The second-order valence-corrected chi connectivity index (χ2v) is 14.4. The number of ether oxygens (including phenoxy) is 1. The Morgan fingerprint density at radius 1 is 1.14 bits per heavy atom. The molecule has 4 aliphatic heterocycles. The van der Waals surface area contributed by atoms with Crippen LogP contribution in [0.2, 0.25) is 0 Å². The zero-order valence-corrected chi connectivity index (χ0v) is 18.4. The molecular formula is C16H21F6IN2O3S. The van der Waals surface area contributed by atoms with E-state index in [1.807, 2.05) is 0 Å². The molecule has 2 bridgehead atoms. The molecule has 0 aromatic heterocycles. The molecule has 0 spiro atoms. The Hall–Kier alpha value is 0.01000. The summed E-state index contributed by atoms with van der Waals surface area (Å²) in [4.78, 5) is 12.5. The zero-order chi connectivity index (χ0) is 21.6. The van der Waals surface area contributed by atoms with Crippen LogP contribution in [0.1, 0.15) is 33.1 Å². The molecule has 5 nitrogen and oxygen atoms in total. The van der Waals surface area contributed by atoms with Crippen LogP contribution in [-0.2, 0) is 9.53 Å². The second kappa shape index (κ2) is 6.51. The van der Waals surface area contributed by atoms with Gasteiger partial charge in [-0.3, -0.25) is 0 Å². The number of fused-ring (bicyclic) bond motifs is 3. The van der Waals surface area contributed by atoms with Crippen LogP contribution in [-0.4, -0.2) is 49.8 Å². The van der Waals surface area contributed by atoms with Gasteiger partial charge in [-0.05, 0) is 0 Å². The SMILES string of the molecule is CC(C)(C(=O)OCC1CC2CC(CC(O)(C(F)(F)F)C(F)(F)F)C1S2)C12NI1N2. The number of carbonyl (C=O) groups is 1. The first-order valence-corrected chi connectivity index (χ1v) is 13.2. The molecular weight excluding hydrogens is 541 g/mol. The first kappa shape index (κ1) is 22.2. The summed E-state index contributed by atoms with van der Waals surface area (Å²) >= 11 is -0.0405. The third kappa shape index (κ3) is 3.37. The van der Waals surface area contributed by atoms with E-state index in [1.165, 1.54) is 11.8 Å². The van der Waals surface area contributed by atoms with E-state index in [-0.39, 0.29) is 27.9 Å². The van der Waals surface area contributed by atoms with Crippen molar-refractivity contribution < 1.29 is 41.0 Å².